The topological polar surface area (TPSA) is 150 Å². The van der Waals surface area contributed by atoms with Crippen molar-refractivity contribution < 1.29 is 44.5 Å². The highest BCUT2D eigenvalue weighted by Gasteiger charge is 2.41. The molecule has 6 N–H and O–H groups in total. The molecule has 4 aromatic rings. The molecule has 7 rings (SSSR count). The second-order valence-electron chi connectivity index (χ2n) is 11.3. The number of methoxy groups -OCH3 is 2. The zero-order valence-corrected chi connectivity index (χ0v) is 24.3. The number of nitrogens with one attached hydrogen (secondary N) is 1. The third kappa shape index (κ3) is 4.37. The largest absolute Gasteiger partial charge is 0.507 e. The number of anilines is 1. The number of hydrogen-bond donors (Lipinski definition) is 6. The standard InChI is InChI=1S/C34H33NO9/c1-41-26-9-18(10-27(42-2)33(26)39)21-15-44-25-11-22-28-20(29(25)32(21)38)7-6-19-24(12-23(37)31(30(19)28)34(40)35-22)43-14-17-5-3-4-16(8-17)13-36/h3-5,8-12,21,32,34-40H,6-7,13-15H2,1-2H3/t21-,32-,34-/m0/s1. The number of phenolic OH excluding ortho intramolecular Hbond substituents is 2. The van der Waals surface area contributed by atoms with E-state index < -0.39 is 18.2 Å². The van der Waals surface area contributed by atoms with Crippen molar-refractivity contribution >= 4 is 5.69 Å². The molecular weight excluding hydrogens is 566 g/mol. The molecule has 0 amide bonds. The zero-order chi connectivity index (χ0) is 30.7. The number of phenols is 2. The Kier molecular flexibility index (Phi) is 6.92. The molecule has 1 aliphatic carbocycles. The van der Waals surface area contributed by atoms with Crippen molar-refractivity contribution in [2.24, 2.45) is 0 Å². The molecule has 0 unspecified atom stereocenters. The van der Waals surface area contributed by atoms with Gasteiger partial charge in [-0.1, -0.05) is 24.3 Å². The SMILES string of the molecule is COc1cc([C@@H]2COc3cc4c5c(c3[C@H]2O)CCc2c(OCc3cccc(CO)c3)cc(O)c(c2-5)[C@H](O)N4)cc(OC)c1O. The van der Waals surface area contributed by atoms with Crippen molar-refractivity contribution in [3.05, 3.63) is 87.5 Å². The van der Waals surface area contributed by atoms with Crippen LogP contribution in [0.1, 0.15) is 57.2 Å². The first-order valence-electron chi connectivity index (χ1n) is 14.4. The van der Waals surface area contributed by atoms with E-state index in [-0.39, 0.29) is 42.8 Å². The first-order valence-corrected chi connectivity index (χ1v) is 14.4. The minimum atomic E-state index is -1.16. The minimum Gasteiger partial charge on any atom is -0.507 e. The lowest BCUT2D eigenvalue weighted by atomic mass is 9.74. The molecule has 228 valence electrons. The summed E-state index contributed by atoms with van der Waals surface area (Å²) >= 11 is 0. The summed E-state index contributed by atoms with van der Waals surface area (Å²) in [6.45, 7) is 0.333. The van der Waals surface area contributed by atoms with E-state index in [2.05, 4.69) is 5.32 Å². The van der Waals surface area contributed by atoms with Crippen LogP contribution in [0, 0.1) is 0 Å². The van der Waals surface area contributed by atoms with E-state index in [4.69, 9.17) is 18.9 Å². The van der Waals surface area contributed by atoms with Crippen LogP contribution < -0.4 is 24.3 Å². The van der Waals surface area contributed by atoms with Gasteiger partial charge in [-0.3, -0.25) is 0 Å². The average Bonchev–Trinajstić information content (AvgIpc) is 3.03. The van der Waals surface area contributed by atoms with E-state index in [1.807, 2.05) is 24.3 Å². The van der Waals surface area contributed by atoms with E-state index in [0.29, 0.717) is 52.3 Å². The fraction of sp³-hybridized carbons (Fsp3) is 0.294. The van der Waals surface area contributed by atoms with Crippen LogP contribution in [-0.4, -0.2) is 46.4 Å². The van der Waals surface area contributed by atoms with Crippen LogP contribution in [0.15, 0.2) is 48.5 Å². The maximum absolute atomic E-state index is 11.9. The number of benzene rings is 4. The molecule has 0 bridgehead atoms. The molecule has 0 radical (unpaired) electrons. The summed E-state index contributed by atoms with van der Waals surface area (Å²) in [7, 11) is 2.90. The number of ether oxygens (including phenoxy) is 4. The number of aromatic hydroxyl groups is 2. The highest BCUT2D eigenvalue weighted by Crippen LogP contribution is 2.57. The van der Waals surface area contributed by atoms with Crippen LogP contribution >= 0.6 is 0 Å². The first-order chi connectivity index (χ1) is 21.3. The summed E-state index contributed by atoms with van der Waals surface area (Å²) in [5, 5.41) is 57.1. The second-order valence-corrected chi connectivity index (χ2v) is 11.3. The predicted molar refractivity (Wildman–Crippen MR) is 161 cm³/mol. The normalized spacial score (nSPS) is 19.2. The van der Waals surface area contributed by atoms with Crippen molar-refractivity contribution in [3.8, 4) is 45.6 Å². The second kappa shape index (κ2) is 10.8. The lowest BCUT2D eigenvalue weighted by molar-refractivity contribution is 0.0878. The van der Waals surface area contributed by atoms with Crippen molar-refractivity contribution in [2.75, 3.05) is 26.1 Å². The molecule has 0 aromatic heterocycles. The maximum Gasteiger partial charge on any atom is 0.200 e. The van der Waals surface area contributed by atoms with Gasteiger partial charge in [0.15, 0.2) is 17.7 Å². The third-order valence-corrected chi connectivity index (χ3v) is 8.88. The third-order valence-electron chi connectivity index (χ3n) is 8.88. The van der Waals surface area contributed by atoms with Crippen LogP contribution in [0.3, 0.4) is 0 Å². The van der Waals surface area contributed by atoms with E-state index >= 15 is 0 Å². The molecular formula is C34H33NO9. The Morgan fingerprint density at radius 1 is 0.864 bits per heavy atom. The van der Waals surface area contributed by atoms with Crippen LogP contribution in [-0.2, 0) is 26.1 Å². The molecule has 0 spiro atoms. The summed E-state index contributed by atoms with van der Waals surface area (Å²) in [6, 6.07) is 14.2. The van der Waals surface area contributed by atoms with Gasteiger partial charge in [0, 0.05) is 46.0 Å². The van der Waals surface area contributed by atoms with Crippen molar-refractivity contribution in [2.45, 2.75) is 44.3 Å². The van der Waals surface area contributed by atoms with Gasteiger partial charge in [-0.2, -0.15) is 0 Å². The van der Waals surface area contributed by atoms with E-state index in [1.165, 1.54) is 14.2 Å². The van der Waals surface area contributed by atoms with Gasteiger partial charge in [0.25, 0.3) is 0 Å². The molecule has 2 heterocycles. The Bertz CT molecular complexity index is 1760. The Labute approximate surface area is 253 Å². The van der Waals surface area contributed by atoms with Gasteiger partial charge in [0.2, 0.25) is 5.75 Å². The number of fused-ring (bicyclic) bond motifs is 2. The molecule has 2 aliphatic heterocycles. The molecule has 3 aliphatic rings. The highest BCUT2D eigenvalue weighted by atomic mass is 16.5. The van der Waals surface area contributed by atoms with Crippen LogP contribution in [0.5, 0.6) is 34.5 Å². The van der Waals surface area contributed by atoms with Gasteiger partial charge >= 0.3 is 0 Å². The molecule has 0 saturated heterocycles. The lowest BCUT2D eigenvalue weighted by Gasteiger charge is -2.39. The fourth-order valence-corrected chi connectivity index (χ4v) is 6.80. The molecule has 10 heteroatoms. The van der Waals surface area contributed by atoms with Gasteiger partial charge in [-0.05, 0) is 47.2 Å². The Morgan fingerprint density at radius 2 is 1.59 bits per heavy atom. The zero-order valence-electron chi connectivity index (χ0n) is 24.3. The summed E-state index contributed by atoms with van der Waals surface area (Å²) in [4.78, 5) is 0. The highest BCUT2D eigenvalue weighted by molar-refractivity contribution is 5.93. The Morgan fingerprint density at radius 3 is 2.32 bits per heavy atom. The van der Waals surface area contributed by atoms with E-state index in [0.717, 1.165) is 27.8 Å². The van der Waals surface area contributed by atoms with Crippen molar-refractivity contribution in [3.63, 3.8) is 0 Å². The monoisotopic (exact) mass is 599 g/mol. The van der Waals surface area contributed by atoms with Crippen LogP contribution in [0.2, 0.25) is 0 Å². The van der Waals surface area contributed by atoms with Gasteiger partial charge in [0.1, 0.15) is 23.9 Å². The quantitative estimate of drug-likeness (QED) is 0.178. The summed E-state index contributed by atoms with van der Waals surface area (Å²) in [6.07, 6.45) is -1.01. The number of rotatable bonds is 7. The number of aliphatic hydroxyl groups is 3. The molecule has 10 nitrogen and oxygen atoms in total. The predicted octanol–water partition coefficient (Wildman–Crippen LogP) is 4.58. The Balaban J connectivity index is 1.32. The summed E-state index contributed by atoms with van der Waals surface area (Å²) in [5.74, 6) is 0.781. The number of aliphatic hydroxyl groups excluding tert-OH is 3. The van der Waals surface area contributed by atoms with Crippen molar-refractivity contribution in [1.82, 2.24) is 0 Å². The van der Waals surface area contributed by atoms with Gasteiger partial charge in [-0.15, -0.1) is 0 Å². The van der Waals surface area contributed by atoms with Gasteiger partial charge < -0.3 is 49.8 Å². The molecule has 0 saturated carbocycles. The summed E-state index contributed by atoms with van der Waals surface area (Å²) < 4.78 is 23.2. The molecule has 44 heavy (non-hydrogen) atoms. The van der Waals surface area contributed by atoms with Crippen molar-refractivity contribution in [1.29, 1.82) is 0 Å². The average molecular weight is 600 g/mol. The van der Waals surface area contributed by atoms with Gasteiger partial charge in [-0.25, -0.2) is 0 Å². The smallest absolute Gasteiger partial charge is 0.200 e. The van der Waals surface area contributed by atoms with Crippen LogP contribution in [0.4, 0.5) is 5.69 Å². The maximum atomic E-state index is 11.9. The molecule has 3 atom stereocenters. The van der Waals surface area contributed by atoms with E-state index in [9.17, 15) is 25.5 Å². The lowest BCUT2D eigenvalue weighted by Crippen LogP contribution is -2.29. The summed E-state index contributed by atoms with van der Waals surface area (Å²) in [5.41, 5.74) is 7.20. The van der Waals surface area contributed by atoms with E-state index in [1.54, 1.807) is 24.3 Å². The minimum absolute atomic E-state index is 0.0717. The van der Waals surface area contributed by atoms with Gasteiger partial charge in [0.05, 0.1) is 39.1 Å². The molecule has 4 aromatic carbocycles. The first kappa shape index (κ1) is 28.1. The fourth-order valence-electron chi connectivity index (χ4n) is 6.80. The Hall–Kier alpha value is -4.64. The van der Waals surface area contributed by atoms with Crippen LogP contribution in [0.25, 0.3) is 11.1 Å². The number of hydrogen-bond acceptors (Lipinski definition) is 10. The molecule has 0 fully saturated rings.